The number of ether oxygens (including phenoxy) is 4. The monoisotopic (exact) mass is 563 g/mol. The fraction of sp³-hybridized carbons (Fsp3) is 0.345. The van der Waals surface area contributed by atoms with Crippen molar-refractivity contribution in [3.8, 4) is 5.75 Å². The fourth-order valence-corrected chi connectivity index (χ4v) is 4.95. The summed E-state index contributed by atoms with van der Waals surface area (Å²) in [5, 5.41) is 3.23. The van der Waals surface area contributed by atoms with Gasteiger partial charge in [-0.3, -0.25) is 9.36 Å². The highest BCUT2D eigenvalue weighted by Crippen LogP contribution is 2.51. The number of nitrogens with one attached hydrogen (secondary N) is 1. The van der Waals surface area contributed by atoms with Gasteiger partial charge in [0.25, 0.3) is 0 Å². The first kappa shape index (κ1) is 28.0. The van der Waals surface area contributed by atoms with Gasteiger partial charge >= 0.3 is 11.9 Å². The highest BCUT2D eigenvalue weighted by molar-refractivity contribution is 5.89. The largest absolute Gasteiger partial charge is 0.496 e. The second-order valence-corrected chi connectivity index (χ2v) is 9.93. The van der Waals surface area contributed by atoms with Crippen molar-refractivity contribution < 1.29 is 32.9 Å². The highest BCUT2D eigenvalue weighted by atomic mass is 19.1. The Morgan fingerprint density at radius 3 is 2.54 bits per heavy atom. The molecule has 1 aliphatic heterocycles. The van der Waals surface area contributed by atoms with E-state index in [1.165, 1.54) is 38.0 Å². The molecule has 0 amide bonds. The number of rotatable bonds is 9. The Morgan fingerprint density at radius 2 is 1.80 bits per heavy atom. The zero-order valence-corrected chi connectivity index (χ0v) is 23.0. The Balaban J connectivity index is 1.43. The second-order valence-electron chi connectivity index (χ2n) is 9.93. The van der Waals surface area contributed by atoms with E-state index < -0.39 is 35.5 Å². The van der Waals surface area contributed by atoms with Crippen LogP contribution in [0.1, 0.15) is 42.9 Å². The summed E-state index contributed by atoms with van der Waals surface area (Å²) in [6.45, 7) is 3.91. The zero-order chi connectivity index (χ0) is 29.2. The third kappa shape index (κ3) is 5.18. The van der Waals surface area contributed by atoms with E-state index in [1.54, 1.807) is 37.4 Å². The Labute approximate surface area is 235 Å². The lowest BCUT2D eigenvalue weighted by Crippen LogP contribution is -2.55. The van der Waals surface area contributed by atoms with Crippen LogP contribution in [0.15, 0.2) is 67.3 Å². The minimum Gasteiger partial charge on any atom is -0.496 e. The molecule has 0 saturated carbocycles. The van der Waals surface area contributed by atoms with Crippen LogP contribution in [0.25, 0.3) is 11.2 Å². The minimum atomic E-state index is -2.29. The van der Waals surface area contributed by atoms with Crippen LogP contribution in [0.3, 0.4) is 0 Å². The summed E-state index contributed by atoms with van der Waals surface area (Å²) >= 11 is 0. The molecule has 214 valence electrons. The molecular weight excluding hydrogens is 533 g/mol. The lowest BCUT2D eigenvalue weighted by Gasteiger charge is -2.36. The smallest absolute Gasteiger partial charge is 0.338 e. The first-order valence-electron chi connectivity index (χ1n) is 12.9. The first-order valence-corrected chi connectivity index (χ1v) is 12.9. The Kier molecular flexibility index (Phi) is 7.59. The number of halogens is 1. The second kappa shape index (κ2) is 11.1. The number of aromatic nitrogens is 4. The van der Waals surface area contributed by atoms with Gasteiger partial charge in [-0.2, -0.15) is 0 Å². The summed E-state index contributed by atoms with van der Waals surface area (Å²) in [6.07, 6.45) is 0.263. The molecule has 0 spiro atoms. The van der Waals surface area contributed by atoms with Gasteiger partial charge < -0.3 is 24.3 Å². The van der Waals surface area contributed by atoms with Crippen LogP contribution in [0.5, 0.6) is 5.75 Å². The summed E-state index contributed by atoms with van der Waals surface area (Å²) in [5.41, 5.74) is -2.19. The molecule has 12 heteroatoms. The summed E-state index contributed by atoms with van der Waals surface area (Å²) < 4.78 is 40.7. The number of imidazole rings is 1. The Morgan fingerprint density at radius 1 is 1.07 bits per heavy atom. The number of alkyl halides is 1. The SMILES string of the molecule is COc1ccccc1CNc1ncnc2c1ncn2[C@@H]1O[C@H](COC(=O)c2ccccc2)[C@@](C)(OC(C)=O)[C@@]1(C)F. The number of methoxy groups -OCH3 is 1. The molecule has 5 rings (SSSR count). The van der Waals surface area contributed by atoms with Gasteiger partial charge in [0.05, 0.1) is 19.0 Å². The number of fused-ring (bicyclic) bond motifs is 1. The van der Waals surface area contributed by atoms with Crippen molar-refractivity contribution in [3.05, 3.63) is 78.4 Å². The van der Waals surface area contributed by atoms with Crippen molar-refractivity contribution in [2.45, 2.75) is 50.9 Å². The van der Waals surface area contributed by atoms with Gasteiger partial charge in [0.1, 0.15) is 24.8 Å². The molecule has 2 aromatic heterocycles. The van der Waals surface area contributed by atoms with E-state index in [0.717, 1.165) is 5.56 Å². The molecule has 1 N–H and O–H groups in total. The third-order valence-corrected chi connectivity index (χ3v) is 7.32. The lowest BCUT2D eigenvalue weighted by atomic mass is 9.84. The van der Waals surface area contributed by atoms with E-state index in [2.05, 4.69) is 20.3 Å². The van der Waals surface area contributed by atoms with Crippen LogP contribution in [0.2, 0.25) is 0 Å². The van der Waals surface area contributed by atoms with Crippen LogP contribution < -0.4 is 10.1 Å². The van der Waals surface area contributed by atoms with Gasteiger partial charge in [-0.25, -0.2) is 24.1 Å². The number of hydrogen-bond donors (Lipinski definition) is 1. The van der Waals surface area contributed by atoms with Crippen LogP contribution in [0.4, 0.5) is 10.2 Å². The molecule has 1 fully saturated rings. The van der Waals surface area contributed by atoms with Crippen molar-refractivity contribution >= 4 is 28.9 Å². The lowest BCUT2D eigenvalue weighted by molar-refractivity contribution is -0.175. The van der Waals surface area contributed by atoms with Crippen LogP contribution in [-0.4, -0.2) is 62.5 Å². The first-order chi connectivity index (χ1) is 19.7. The van der Waals surface area contributed by atoms with E-state index in [4.69, 9.17) is 18.9 Å². The van der Waals surface area contributed by atoms with Crippen molar-refractivity contribution in [1.82, 2.24) is 19.5 Å². The standard InChI is InChI=1S/C29H30FN5O6/c1-18(36)41-29(3)22(15-39-26(37)19-10-6-5-7-11-19)40-27(28(29,2)30)35-17-34-23-24(32-16-33-25(23)35)31-14-20-12-8-9-13-21(20)38-4/h5-13,16-17,22,27H,14-15H2,1-4H3,(H,31,32,33)/t22-,27-,28+,29-/m1/s1. The van der Waals surface area contributed by atoms with Gasteiger partial charge in [0.2, 0.25) is 0 Å². The molecule has 4 atom stereocenters. The number of esters is 2. The molecule has 2 aromatic carbocycles. The third-order valence-electron chi connectivity index (χ3n) is 7.32. The predicted molar refractivity (Wildman–Crippen MR) is 146 cm³/mol. The average Bonchev–Trinajstić information content (AvgIpc) is 3.47. The molecule has 3 heterocycles. The molecule has 0 unspecified atom stereocenters. The summed E-state index contributed by atoms with van der Waals surface area (Å²) in [5.74, 6) is -0.183. The van der Waals surface area contributed by atoms with Crippen molar-refractivity contribution in [2.24, 2.45) is 0 Å². The molecule has 41 heavy (non-hydrogen) atoms. The number of anilines is 1. The Bertz CT molecular complexity index is 1560. The topological polar surface area (TPSA) is 127 Å². The normalized spacial score (nSPS) is 23.7. The number of nitrogens with zero attached hydrogens (tertiary/aromatic N) is 4. The maximum absolute atomic E-state index is 16.8. The van der Waals surface area contributed by atoms with Gasteiger partial charge in [0, 0.05) is 19.0 Å². The van der Waals surface area contributed by atoms with Crippen LogP contribution >= 0.6 is 0 Å². The summed E-state index contributed by atoms with van der Waals surface area (Å²) in [7, 11) is 1.60. The van der Waals surface area contributed by atoms with Gasteiger partial charge in [0.15, 0.2) is 34.5 Å². The Hall–Kier alpha value is -4.58. The van der Waals surface area contributed by atoms with Crippen molar-refractivity contribution in [2.75, 3.05) is 19.0 Å². The van der Waals surface area contributed by atoms with Gasteiger partial charge in [-0.1, -0.05) is 36.4 Å². The summed E-state index contributed by atoms with van der Waals surface area (Å²) in [6, 6.07) is 15.9. The minimum absolute atomic E-state index is 0.295. The van der Waals surface area contributed by atoms with Crippen LogP contribution in [-0.2, 0) is 25.5 Å². The molecular formula is C29H30FN5O6. The zero-order valence-electron chi connectivity index (χ0n) is 23.0. The molecule has 0 aliphatic carbocycles. The molecule has 0 radical (unpaired) electrons. The maximum Gasteiger partial charge on any atom is 0.338 e. The predicted octanol–water partition coefficient (Wildman–Crippen LogP) is 4.25. The number of hydrogen-bond acceptors (Lipinski definition) is 10. The number of benzene rings is 2. The molecule has 1 saturated heterocycles. The highest BCUT2D eigenvalue weighted by Gasteiger charge is 2.66. The van der Waals surface area contributed by atoms with E-state index >= 15 is 4.39 Å². The van der Waals surface area contributed by atoms with E-state index in [-0.39, 0.29) is 6.61 Å². The molecule has 11 nitrogen and oxygen atoms in total. The van der Waals surface area contributed by atoms with Crippen LogP contribution in [0, 0.1) is 0 Å². The number of carbonyl (C=O) groups is 2. The van der Waals surface area contributed by atoms with E-state index in [1.807, 2.05) is 24.3 Å². The van der Waals surface area contributed by atoms with E-state index in [0.29, 0.717) is 34.8 Å². The number of carbonyl (C=O) groups excluding carboxylic acids is 2. The fourth-order valence-electron chi connectivity index (χ4n) is 4.95. The van der Waals surface area contributed by atoms with Gasteiger partial charge in [-0.15, -0.1) is 0 Å². The van der Waals surface area contributed by atoms with Crippen molar-refractivity contribution in [3.63, 3.8) is 0 Å². The van der Waals surface area contributed by atoms with Crippen molar-refractivity contribution in [1.29, 1.82) is 0 Å². The summed E-state index contributed by atoms with van der Waals surface area (Å²) in [4.78, 5) is 37.8. The molecule has 0 bridgehead atoms. The average molecular weight is 564 g/mol. The van der Waals surface area contributed by atoms with Gasteiger partial charge in [-0.05, 0) is 32.0 Å². The molecule has 1 aliphatic rings. The van der Waals surface area contributed by atoms with E-state index in [9.17, 15) is 9.59 Å². The molecule has 4 aromatic rings. The maximum atomic E-state index is 16.8. The number of para-hydroxylation sites is 1. The quantitative estimate of drug-likeness (QED) is 0.295.